The van der Waals surface area contributed by atoms with Gasteiger partial charge in [-0.2, -0.15) is 0 Å². The predicted octanol–water partition coefficient (Wildman–Crippen LogP) is 4.17. The van der Waals surface area contributed by atoms with Crippen LogP contribution in [0.3, 0.4) is 0 Å². The molecular formula is C21H19N3O3. The highest BCUT2D eigenvalue weighted by molar-refractivity contribution is 6.05. The highest BCUT2D eigenvalue weighted by Crippen LogP contribution is 2.34. The largest absolute Gasteiger partial charge is 0.486 e. The summed E-state index contributed by atoms with van der Waals surface area (Å²) in [5.74, 6) is 2.40. The first-order valence-electron chi connectivity index (χ1n) is 9.09. The molecule has 0 amide bonds. The fraction of sp³-hybridized carbons (Fsp3) is 0.238. The normalized spacial score (nSPS) is 13.2. The standard InChI is InChI=1S/C21H19N3O3/c1-2-24(12-14-7-8-17-18(11-14)26-10-9-25-17)21-20-19(22-13-23-21)15-5-3-4-6-16(15)27-20/h3-8,11,13H,2,9-10,12H2,1H3. The fourth-order valence-electron chi connectivity index (χ4n) is 3.48. The van der Waals surface area contributed by atoms with Gasteiger partial charge in [0.1, 0.15) is 30.6 Å². The number of ether oxygens (including phenoxy) is 2. The number of benzene rings is 2. The van der Waals surface area contributed by atoms with Crippen LogP contribution in [-0.2, 0) is 6.54 Å². The molecule has 0 bridgehead atoms. The third kappa shape index (κ3) is 2.73. The molecule has 3 heterocycles. The average Bonchev–Trinajstić information content (AvgIpc) is 3.11. The molecule has 5 rings (SSSR count). The number of hydrogen-bond donors (Lipinski definition) is 0. The second-order valence-corrected chi connectivity index (χ2v) is 6.47. The van der Waals surface area contributed by atoms with Gasteiger partial charge < -0.3 is 18.8 Å². The molecule has 0 saturated carbocycles. The lowest BCUT2D eigenvalue weighted by Gasteiger charge is -2.23. The van der Waals surface area contributed by atoms with Crippen molar-refractivity contribution in [2.45, 2.75) is 13.5 Å². The van der Waals surface area contributed by atoms with E-state index in [9.17, 15) is 0 Å². The maximum Gasteiger partial charge on any atom is 0.196 e. The van der Waals surface area contributed by atoms with Crippen LogP contribution in [0.15, 0.2) is 53.2 Å². The van der Waals surface area contributed by atoms with Gasteiger partial charge >= 0.3 is 0 Å². The molecule has 27 heavy (non-hydrogen) atoms. The van der Waals surface area contributed by atoms with Crippen molar-refractivity contribution in [1.29, 1.82) is 0 Å². The van der Waals surface area contributed by atoms with Crippen LogP contribution in [0.1, 0.15) is 12.5 Å². The highest BCUT2D eigenvalue weighted by atomic mass is 16.6. The van der Waals surface area contributed by atoms with Crippen molar-refractivity contribution in [2.24, 2.45) is 0 Å². The third-order valence-corrected chi connectivity index (χ3v) is 4.80. The lowest BCUT2D eigenvalue weighted by Crippen LogP contribution is -2.23. The SMILES string of the molecule is CCN(Cc1ccc2c(c1)OCCO2)c1ncnc2c1oc1ccccc12. The zero-order valence-corrected chi connectivity index (χ0v) is 15.0. The van der Waals surface area contributed by atoms with Crippen LogP contribution in [0.25, 0.3) is 22.1 Å². The first kappa shape index (κ1) is 15.9. The molecular weight excluding hydrogens is 342 g/mol. The van der Waals surface area contributed by atoms with Crippen molar-refractivity contribution in [1.82, 2.24) is 9.97 Å². The molecule has 1 aliphatic heterocycles. The Morgan fingerprint density at radius 1 is 1.00 bits per heavy atom. The molecule has 0 unspecified atom stereocenters. The van der Waals surface area contributed by atoms with E-state index < -0.39 is 0 Å². The minimum absolute atomic E-state index is 0.583. The van der Waals surface area contributed by atoms with Crippen LogP contribution in [0.2, 0.25) is 0 Å². The zero-order valence-electron chi connectivity index (χ0n) is 15.0. The van der Waals surface area contributed by atoms with Crippen LogP contribution >= 0.6 is 0 Å². The summed E-state index contributed by atoms with van der Waals surface area (Å²) >= 11 is 0. The second-order valence-electron chi connectivity index (χ2n) is 6.47. The van der Waals surface area contributed by atoms with Gasteiger partial charge in [-0.05, 0) is 36.8 Å². The van der Waals surface area contributed by atoms with Crippen molar-refractivity contribution in [3.8, 4) is 11.5 Å². The Kier molecular flexibility index (Phi) is 3.81. The number of fused-ring (bicyclic) bond motifs is 4. The van der Waals surface area contributed by atoms with Gasteiger partial charge in [0.05, 0.1) is 0 Å². The summed E-state index contributed by atoms with van der Waals surface area (Å²) in [6.07, 6.45) is 1.60. The van der Waals surface area contributed by atoms with E-state index >= 15 is 0 Å². The molecule has 0 radical (unpaired) electrons. The van der Waals surface area contributed by atoms with E-state index in [1.807, 2.05) is 36.4 Å². The quantitative estimate of drug-likeness (QED) is 0.544. The van der Waals surface area contributed by atoms with Crippen LogP contribution in [-0.4, -0.2) is 29.7 Å². The van der Waals surface area contributed by atoms with E-state index in [0.29, 0.717) is 19.8 Å². The van der Waals surface area contributed by atoms with Gasteiger partial charge in [-0.25, -0.2) is 9.97 Å². The maximum absolute atomic E-state index is 6.08. The van der Waals surface area contributed by atoms with Crippen LogP contribution in [0, 0.1) is 0 Å². The number of hydrogen-bond acceptors (Lipinski definition) is 6. The molecule has 6 heteroatoms. The van der Waals surface area contributed by atoms with Crippen molar-refractivity contribution in [3.05, 3.63) is 54.4 Å². The second kappa shape index (κ2) is 6.46. The number of nitrogens with zero attached hydrogens (tertiary/aromatic N) is 3. The van der Waals surface area contributed by atoms with E-state index in [2.05, 4.69) is 27.9 Å². The first-order valence-corrected chi connectivity index (χ1v) is 9.09. The number of aromatic nitrogens is 2. The van der Waals surface area contributed by atoms with Crippen molar-refractivity contribution >= 4 is 27.9 Å². The third-order valence-electron chi connectivity index (χ3n) is 4.80. The number of anilines is 1. The summed E-state index contributed by atoms with van der Waals surface area (Å²) in [6.45, 7) is 4.76. The topological polar surface area (TPSA) is 60.6 Å². The fourth-order valence-corrected chi connectivity index (χ4v) is 3.48. The number of para-hydroxylation sites is 1. The van der Waals surface area contributed by atoms with Gasteiger partial charge in [-0.3, -0.25) is 0 Å². The van der Waals surface area contributed by atoms with Crippen LogP contribution in [0.4, 0.5) is 5.82 Å². The highest BCUT2D eigenvalue weighted by Gasteiger charge is 2.18. The Balaban J connectivity index is 1.54. The van der Waals surface area contributed by atoms with Gasteiger partial charge in [0.15, 0.2) is 22.9 Å². The summed E-state index contributed by atoms with van der Waals surface area (Å²) < 4.78 is 17.4. The molecule has 0 saturated heterocycles. The summed E-state index contributed by atoms with van der Waals surface area (Å²) in [5, 5.41) is 1.01. The van der Waals surface area contributed by atoms with Crippen molar-refractivity contribution in [3.63, 3.8) is 0 Å². The van der Waals surface area contributed by atoms with E-state index in [4.69, 9.17) is 13.9 Å². The van der Waals surface area contributed by atoms with Crippen molar-refractivity contribution in [2.75, 3.05) is 24.7 Å². The molecule has 4 aromatic rings. The van der Waals surface area contributed by atoms with Gasteiger partial charge in [0.25, 0.3) is 0 Å². The lowest BCUT2D eigenvalue weighted by molar-refractivity contribution is 0.171. The molecule has 2 aromatic carbocycles. The first-order chi connectivity index (χ1) is 13.3. The van der Waals surface area contributed by atoms with Crippen LogP contribution < -0.4 is 14.4 Å². The Hall–Kier alpha value is -3.28. The van der Waals surface area contributed by atoms with Gasteiger partial charge in [0.2, 0.25) is 0 Å². The minimum Gasteiger partial charge on any atom is -0.486 e. The van der Waals surface area contributed by atoms with Crippen LogP contribution in [0.5, 0.6) is 11.5 Å². The van der Waals surface area contributed by atoms with Gasteiger partial charge in [-0.15, -0.1) is 0 Å². The molecule has 0 N–H and O–H groups in total. The van der Waals surface area contributed by atoms with E-state index in [0.717, 1.165) is 51.5 Å². The Labute approximate surface area is 156 Å². The average molecular weight is 361 g/mol. The molecule has 0 atom stereocenters. The summed E-state index contributed by atoms with van der Waals surface area (Å²) in [6, 6.07) is 14.0. The molecule has 6 nitrogen and oxygen atoms in total. The molecule has 1 aliphatic rings. The Morgan fingerprint density at radius 3 is 2.74 bits per heavy atom. The molecule has 0 aliphatic carbocycles. The zero-order chi connectivity index (χ0) is 18.2. The maximum atomic E-state index is 6.08. The summed E-state index contributed by atoms with van der Waals surface area (Å²) in [5.41, 5.74) is 3.52. The monoisotopic (exact) mass is 361 g/mol. The molecule has 0 spiro atoms. The molecule has 136 valence electrons. The molecule has 2 aromatic heterocycles. The summed E-state index contributed by atoms with van der Waals surface area (Å²) in [7, 11) is 0. The van der Waals surface area contributed by atoms with E-state index in [1.54, 1.807) is 6.33 Å². The van der Waals surface area contributed by atoms with Crippen molar-refractivity contribution < 1.29 is 13.9 Å². The Morgan fingerprint density at radius 2 is 1.85 bits per heavy atom. The number of furan rings is 1. The van der Waals surface area contributed by atoms with Gasteiger partial charge in [0, 0.05) is 18.5 Å². The predicted molar refractivity (Wildman–Crippen MR) is 103 cm³/mol. The van der Waals surface area contributed by atoms with Gasteiger partial charge in [-0.1, -0.05) is 18.2 Å². The Bertz CT molecular complexity index is 1120. The van der Waals surface area contributed by atoms with E-state index in [-0.39, 0.29) is 0 Å². The van der Waals surface area contributed by atoms with E-state index in [1.165, 1.54) is 0 Å². The summed E-state index contributed by atoms with van der Waals surface area (Å²) in [4.78, 5) is 11.1. The molecule has 0 fully saturated rings. The smallest absolute Gasteiger partial charge is 0.196 e. The number of rotatable bonds is 4. The lowest BCUT2D eigenvalue weighted by atomic mass is 10.1. The minimum atomic E-state index is 0.583.